The molecule has 0 bridgehead atoms. The van der Waals surface area contributed by atoms with E-state index in [4.69, 9.17) is 17.4 Å². The summed E-state index contributed by atoms with van der Waals surface area (Å²) in [6, 6.07) is 0. The van der Waals surface area contributed by atoms with Crippen LogP contribution in [0.4, 0.5) is 0 Å². The predicted molar refractivity (Wildman–Crippen MR) is 102 cm³/mol. The highest BCUT2D eigenvalue weighted by molar-refractivity contribution is 6.31. The van der Waals surface area contributed by atoms with E-state index < -0.39 is 6.10 Å². The fraction of sp³-hybridized carbons (Fsp3) is 0.684. The van der Waals surface area contributed by atoms with E-state index in [1.54, 1.807) is 6.08 Å². The number of hydrazine groups is 1. The molecular formula is C19H35ClN2O. The number of allylic oxidation sites excluding steroid dienone is 3. The Hall–Kier alpha value is -0.770. The summed E-state index contributed by atoms with van der Waals surface area (Å²) in [4.78, 5) is 0. The quantitative estimate of drug-likeness (QED) is 0.246. The highest BCUT2D eigenvalue weighted by atomic mass is 35.5. The first-order valence-corrected chi connectivity index (χ1v) is 9.27. The van der Waals surface area contributed by atoms with E-state index >= 15 is 0 Å². The van der Waals surface area contributed by atoms with Crippen molar-refractivity contribution in [1.29, 1.82) is 0 Å². The fourth-order valence-corrected chi connectivity index (χ4v) is 3.07. The predicted octanol–water partition coefficient (Wildman–Crippen LogP) is 5.17. The minimum Gasteiger partial charge on any atom is -0.389 e. The number of nitrogens with one attached hydrogen (secondary N) is 1. The minimum atomic E-state index is -0.426. The molecule has 0 aliphatic carbocycles. The largest absolute Gasteiger partial charge is 0.389 e. The van der Waals surface area contributed by atoms with Crippen LogP contribution >= 0.6 is 11.6 Å². The van der Waals surface area contributed by atoms with Crippen molar-refractivity contribution < 1.29 is 5.11 Å². The van der Waals surface area contributed by atoms with Gasteiger partial charge >= 0.3 is 0 Å². The van der Waals surface area contributed by atoms with Crippen molar-refractivity contribution in [2.24, 2.45) is 11.8 Å². The number of aliphatic hydroxyl groups is 1. The normalized spacial score (nSPS) is 15.4. The Kier molecular flexibility index (Phi) is 13.2. The lowest BCUT2D eigenvalue weighted by Crippen LogP contribution is -2.19. The van der Waals surface area contributed by atoms with Gasteiger partial charge in [0.15, 0.2) is 0 Å². The van der Waals surface area contributed by atoms with Crippen LogP contribution in [0, 0.1) is 5.92 Å². The minimum absolute atomic E-state index is 0.426. The molecule has 0 rings (SSSR count). The van der Waals surface area contributed by atoms with E-state index in [0.29, 0.717) is 16.6 Å². The van der Waals surface area contributed by atoms with Crippen LogP contribution < -0.4 is 11.3 Å². The van der Waals surface area contributed by atoms with Gasteiger partial charge in [-0.25, -0.2) is 0 Å². The van der Waals surface area contributed by atoms with Crippen LogP contribution in [0.3, 0.4) is 0 Å². The van der Waals surface area contributed by atoms with Crippen LogP contribution in [0.1, 0.15) is 72.1 Å². The summed E-state index contributed by atoms with van der Waals surface area (Å²) in [5, 5.41) is 11.2. The van der Waals surface area contributed by atoms with Crippen LogP contribution in [0.25, 0.3) is 0 Å². The summed E-state index contributed by atoms with van der Waals surface area (Å²) in [7, 11) is 0. The van der Waals surface area contributed by atoms with Gasteiger partial charge in [0.25, 0.3) is 0 Å². The number of halogens is 1. The zero-order valence-electron chi connectivity index (χ0n) is 15.1. The molecule has 3 nitrogen and oxygen atoms in total. The van der Waals surface area contributed by atoms with Gasteiger partial charge in [-0.05, 0) is 36.5 Å². The molecule has 0 saturated heterocycles. The molecule has 134 valence electrons. The Morgan fingerprint density at radius 1 is 1.17 bits per heavy atom. The molecule has 0 saturated carbocycles. The highest BCUT2D eigenvalue weighted by Gasteiger charge is 2.17. The van der Waals surface area contributed by atoms with Crippen LogP contribution in [0.15, 0.2) is 35.0 Å². The average molecular weight is 343 g/mol. The van der Waals surface area contributed by atoms with Gasteiger partial charge in [0, 0.05) is 10.7 Å². The molecule has 4 N–H and O–H groups in total. The van der Waals surface area contributed by atoms with Gasteiger partial charge < -0.3 is 10.5 Å². The first-order valence-electron chi connectivity index (χ1n) is 8.89. The van der Waals surface area contributed by atoms with E-state index in [1.165, 1.54) is 25.7 Å². The molecule has 0 aromatic carbocycles. The number of unbranched alkanes of at least 4 members (excludes halogenated alkanes) is 1. The number of aliphatic hydroxyl groups excluding tert-OH is 1. The summed E-state index contributed by atoms with van der Waals surface area (Å²) in [5.41, 5.74) is 4.00. The van der Waals surface area contributed by atoms with E-state index in [2.05, 4.69) is 32.8 Å². The summed E-state index contributed by atoms with van der Waals surface area (Å²) in [6.07, 6.45) is 11.7. The third-order valence-corrected chi connectivity index (χ3v) is 4.23. The molecule has 0 aromatic rings. The maximum atomic E-state index is 10.7. The van der Waals surface area contributed by atoms with Crippen molar-refractivity contribution in [1.82, 2.24) is 5.43 Å². The van der Waals surface area contributed by atoms with Crippen LogP contribution in [-0.4, -0.2) is 11.2 Å². The van der Waals surface area contributed by atoms with E-state index in [0.717, 1.165) is 31.3 Å². The van der Waals surface area contributed by atoms with E-state index in [1.807, 2.05) is 6.08 Å². The molecule has 0 fully saturated rings. The van der Waals surface area contributed by atoms with E-state index in [-0.39, 0.29) is 0 Å². The second kappa shape index (κ2) is 13.6. The third-order valence-electron chi connectivity index (χ3n) is 4.01. The zero-order chi connectivity index (χ0) is 17.7. The Balaban J connectivity index is 4.97. The summed E-state index contributed by atoms with van der Waals surface area (Å²) in [6.45, 7) is 10.3. The number of hydrogen-bond donors (Lipinski definition) is 3. The maximum Gasteiger partial charge on any atom is 0.0756 e. The molecule has 0 amide bonds. The first-order chi connectivity index (χ1) is 11.0. The maximum absolute atomic E-state index is 10.7. The molecule has 0 aliphatic rings. The van der Waals surface area contributed by atoms with Crippen LogP contribution in [0.5, 0.6) is 0 Å². The van der Waals surface area contributed by atoms with Crippen molar-refractivity contribution in [2.75, 3.05) is 0 Å². The van der Waals surface area contributed by atoms with Crippen molar-refractivity contribution >= 4 is 11.6 Å². The lowest BCUT2D eigenvalue weighted by atomic mass is 9.88. The lowest BCUT2D eigenvalue weighted by molar-refractivity contribution is 0.164. The Bertz CT molecular complexity index is 391. The van der Waals surface area contributed by atoms with Crippen molar-refractivity contribution in [3.63, 3.8) is 0 Å². The van der Waals surface area contributed by atoms with Gasteiger partial charge in [-0.3, -0.25) is 5.84 Å². The number of nitrogens with two attached hydrogens (primary N) is 1. The van der Waals surface area contributed by atoms with Crippen molar-refractivity contribution in [2.45, 2.75) is 78.2 Å². The molecule has 0 heterocycles. The van der Waals surface area contributed by atoms with Crippen LogP contribution in [-0.2, 0) is 0 Å². The lowest BCUT2D eigenvalue weighted by Gasteiger charge is -2.22. The first kappa shape index (κ1) is 22.2. The Morgan fingerprint density at radius 3 is 2.39 bits per heavy atom. The standard InChI is InChI=1S/C19H35ClN2O/c1-5-8-11-16(9-6-2)13-19(23)17(10-7-3)14-18(20)12-15(4)22-21/h12,14,16,19,22-23H,4-11,13,21H2,1-3H3/b17-14+,18-12+. The van der Waals surface area contributed by atoms with Gasteiger partial charge in [0.2, 0.25) is 0 Å². The molecule has 0 aliphatic heterocycles. The Labute approximate surface area is 147 Å². The van der Waals surface area contributed by atoms with Crippen molar-refractivity contribution in [3.05, 3.63) is 35.0 Å². The van der Waals surface area contributed by atoms with Gasteiger partial charge in [-0.2, -0.15) is 0 Å². The van der Waals surface area contributed by atoms with Gasteiger partial charge in [-0.15, -0.1) is 0 Å². The van der Waals surface area contributed by atoms with Crippen molar-refractivity contribution in [3.8, 4) is 0 Å². The smallest absolute Gasteiger partial charge is 0.0756 e. The summed E-state index contributed by atoms with van der Waals surface area (Å²) >= 11 is 6.23. The van der Waals surface area contributed by atoms with Crippen LogP contribution in [0.2, 0.25) is 0 Å². The summed E-state index contributed by atoms with van der Waals surface area (Å²) < 4.78 is 0. The van der Waals surface area contributed by atoms with Gasteiger partial charge in [0.1, 0.15) is 0 Å². The summed E-state index contributed by atoms with van der Waals surface area (Å²) in [5.74, 6) is 5.87. The molecule has 0 aromatic heterocycles. The average Bonchev–Trinajstić information content (AvgIpc) is 2.52. The molecule has 0 radical (unpaired) electrons. The molecule has 0 spiro atoms. The Morgan fingerprint density at radius 2 is 1.87 bits per heavy atom. The number of hydrogen-bond acceptors (Lipinski definition) is 3. The van der Waals surface area contributed by atoms with E-state index in [9.17, 15) is 5.11 Å². The topological polar surface area (TPSA) is 58.3 Å². The fourth-order valence-electron chi connectivity index (χ4n) is 2.80. The second-order valence-electron chi connectivity index (χ2n) is 6.22. The second-order valence-corrected chi connectivity index (χ2v) is 6.65. The van der Waals surface area contributed by atoms with Gasteiger partial charge in [-0.1, -0.05) is 77.5 Å². The highest BCUT2D eigenvalue weighted by Crippen LogP contribution is 2.26. The molecule has 2 unspecified atom stereocenters. The zero-order valence-corrected chi connectivity index (χ0v) is 15.8. The monoisotopic (exact) mass is 342 g/mol. The van der Waals surface area contributed by atoms with Gasteiger partial charge in [0.05, 0.1) is 6.10 Å². The molecule has 23 heavy (non-hydrogen) atoms. The third kappa shape index (κ3) is 10.6. The SMILES string of the molecule is C=C(/C=C(Cl)\C=C(/CCC)C(O)CC(CCC)CCCC)NN. The molecular weight excluding hydrogens is 308 g/mol. The molecule has 4 heteroatoms. The number of rotatable bonds is 13. The molecule has 2 atom stereocenters.